The van der Waals surface area contributed by atoms with E-state index < -0.39 is 0 Å². The van der Waals surface area contributed by atoms with Gasteiger partial charge in [-0.15, -0.1) is 6.42 Å². The zero-order valence-electron chi connectivity index (χ0n) is 29.2. The Hall–Kier alpha value is -3.30. The number of rotatable bonds is 6. The van der Waals surface area contributed by atoms with Gasteiger partial charge in [0, 0.05) is 5.56 Å². The van der Waals surface area contributed by atoms with Crippen LogP contribution in [-0.2, 0) is 6.42 Å². The first kappa shape index (κ1) is 37.7. The largest absolute Gasteiger partial charge is 0.115 e. The molecule has 1 fully saturated rings. The van der Waals surface area contributed by atoms with Crippen molar-refractivity contribution in [3.8, 4) is 23.5 Å². The summed E-state index contributed by atoms with van der Waals surface area (Å²) in [6.07, 6.45) is 15.0. The molecule has 1 aliphatic rings. The fraction of sp³-hybridized carbons (Fsp3) is 0.442. The summed E-state index contributed by atoms with van der Waals surface area (Å²) in [5, 5.41) is 0. The van der Waals surface area contributed by atoms with Crippen LogP contribution in [0.5, 0.6) is 0 Å². The van der Waals surface area contributed by atoms with Gasteiger partial charge in [-0.1, -0.05) is 139 Å². The third-order valence-electron chi connectivity index (χ3n) is 8.42. The molecule has 4 rings (SSSR count). The molecule has 3 aromatic carbocycles. The maximum Gasteiger partial charge on any atom is 0.0248 e. The summed E-state index contributed by atoms with van der Waals surface area (Å²) in [6.45, 7) is 25.3. The van der Waals surface area contributed by atoms with E-state index in [9.17, 15) is 0 Å². The van der Waals surface area contributed by atoms with Crippen molar-refractivity contribution in [2.45, 2.75) is 114 Å². The van der Waals surface area contributed by atoms with Gasteiger partial charge in [-0.2, -0.15) is 0 Å². The highest BCUT2D eigenvalue weighted by atomic mass is 14.2. The van der Waals surface area contributed by atoms with E-state index in [1.54, 1.807) is 0 Å². The Morgan fingerprint density at radius 3 is 2.00 bits per heavy atom. The molecule has 1 aliphatic carbocycles. The highest BCUT2D eigenvalue weighted by Crippen LogP contribution is 2.32. The normalized spacial score (nSPS) is 16.0. The van der Waals surface area contributed by atoms with Crippen LogP contribution in [0.2, 0.25) is 0 Å². The number of terminal acetylenes is 1. The molecule has 1 saturated carbocycles. The molecule has 0 saturated heterocycles. The highest BCUT2D eigenvalue weighted by Gasteiger charge is 2.18. The fourth-order valence-electron chi connectivity index (χ4n) is 5.40. The standard InChI is InChI=1S/C24H28.C14H18.C3H8.C2H6/c1-4-20-6-5-7-23(16-20)24-14-10-19(3)22(17-24)15-13-21-11-8-18(2)9-12-21;1-10(2)12(4)13(5)14-9-7-6-8-11(14)3;1-3-2;1-2/h1,5-7,10,14,16-18,21H,8-9,11-13,15H2,2-3H3;6-9H,1H2,2-5H3;3H2,1-2H3;1-2H3/b;13-12+;;. The highest BCUT2D eigenvalue weighted by molar-refractivity contribution is 5.72. The van der Waals surface area contributed by atoms with Gasteiger partial charge >= 0.3 is 0 Å². The van der Waals surface area contributed by atoms with Crippen molar-refractivity contribution < 1.29 is 0 Å². The van der Waals surface area contributed by atoms with E-state index in [1.807, 2.05) is 26.0 Å². The minimum atomic E-state index is 0.925. The lowest BCUT2D eigenvalue weighted by atomic mass is 9.80. The molecule has 0 spiro atoms. The average Bonchev–Trinajstić information content (AvgIpc) is 3.02. The minimum absolute atomic E-state index is 0.925. The number of benzene rings is 3. The number of hydrogen-bond acceptors (Lipinski definition) is 0. The van der Waals surface area contributed by atoms with Gasteiger partial charge in [0.2, 0.25) is 0 Å². The summed E-state index contributed by atoms with van der Waals surface area (Å²) >= 11 is 0. The van der Waals surface area contributed by atoms with Gasteiger partial charge in [0.05, 0.1) is 0 Å². The van der Waals surface area contributed by atoms with Crippen LogP contribution in [0.4, 0.5) is 0 Å². The van der Waals surface area contributed by atoms with Crippen molar-refractivity contribution in [3.05, 3.63) is 112 Å². The third-order valence-corrected chi connectivity index (χ3v) is 8.42. The van der Waals surface area contributed by atoms with E-state index in [4.69, 9.17) is 6.42 Å². The van der Waals surface area contributed by atoms with E-state index in [1.165, 1.54) is 89.5 Å². The molecule has 0 heteroatoms. The zero-order chi connectivity index (χ0) is 32.4. The molecular formula is C43H60. The number of aryl methyl sites for hydroxylation is 3. The summed E-state index contributed by atoms with van der Waals surface area (Å²) in [5.74, 6) is 4.60. The third kappa shape index (κ3) is 12.8. The van der Waals surface area contributed by atoms with Crippen molar-refractivity contribution in [2.75, 3.05) is 0 Å². The molecule has 0 aromatic heterocycles. The Balaban J connectivity index is 0.000000414. The Morgan fingerprint density at radius 1 is 0.814 bits per heavy atom. The van der Waals surface area contributed by atoms with Gasteiger partial charge in [0.25, 0.3) is 0 Å². The van der Waals surface area contributed by atoms with Crippen LogP contribution in [0.15, 0.2) is 84.5 Å². The molecule has 3 aromatic rings. The first-order valence-corrected chi connectivity index (χ1v) is 16.7. The molecule has 43 heavy (non-hydrogen) atoms. The van der Waals surface area contributed by atoms with Crippen molar-refractivity contribution in [2.24, 2.45) is 11.8 Å². The monoisotopic (exact) mass is 576 g/mol. The summed E-state index contributed by atoms with van der Waals surface area (Å²) < 4.78 is 0. The zero-order valence-corrected chi connectivity index (χ0v) is 29.2. The molecular weight excluding hydrogens is 516 g/mol. The lowest BCUT2D eigenvalue weighted by Gasteiger charge is -2.26. The van der Waals surface area contributed by atoms with Gasteiger partial charge in [-0.25, -0.2) is 0 Å². The predicted octanol–water partition coefficient (Wildman–Crippen LogP) is 13.2. The van der Waals surface area contributed by atoms with Crippen LogP contribution < -0.4 is 0 Å². The van der Waals surface area contributed by atoms with Crippen LogP contribution in [-0.4, -0.2) is 0 Å². The Bertz CT molecular complexity index is 1320. The second-order valence-corrected chi connectivity index (χ2v) is 12.1. The van der Waals surface area contributed by atoms with Crippen LogP contribution in [0.3, 0.4) is 0 Å². The second kappa shape index (κ2) is 20.6. The lowest BCUT2D eigenvalue weighted by Crippen LogP contribution is -2.13. The molecule has 0 heterocycles. The minimum Gasteiger partial charge on any atom is -0.115 e. The molecule has 0 aliphatic heterocycles. The van der Waals surface area contributed by atoms with Crippen LogP contribution in [0, 0.1) is 38.0 Å². The molecule has 0 N–H and O–H groups in total. The van der Waals surface area contributed by atoms with Crippen LogP contribution >= 0.6 is 0 Å². The Labute approximate surface area is 266 Å². The maximum atomic E-state index is 5.54. The maximum absolute atomic E-state index is 5.54. The molecule has 0 atom stereocenters. The van der Waals surface area contributed by atoms with E-state index in [0.717, 1.165) is 23.0 Å². The molecule has 0 unspecified atom stereocenters. The van der Waals surface area contributed by atoms with Gasteiger partial charge < -0.3 is 0 Å². The van der Waals surface area contributed by atoms with Crippen molar-refractivity contribution in [1.82, 2.24) is 0 Å². The fourth-order valence-corrected chi connectivity index (χ4v) is 5.40. The van der Waals surface area contributed by atoms with Crippen molar-refractivity contribution in [3.63, 3.8) is 0 Å². The molecule has 0 bridgehead atoms. The first-order valence-electron chi connectivity index (χ1n) is 16.7. The Morgan fingerprint density at radius 2 is 1.42 bits per heavy atom. The quantitative estimate of drug-likeness (QED) is 0.202. The smallest absolute Gasteiger partial charge is 0.0248 e. The topological polar surface area (TPSA) is 0 Å². The van der Waals surface area contributed by atoms with E-state index in [0.29, 0.717) is 0 Å². The Kier molecular flexibility index (Phi) is 18.1. The average molecular weight is 577 g/mol. The summed E-state index contributed by atoms with van der Waals surface area (Å²) in [4.78, 5) is 0. The predicted molar refractivity (Wildman–Crippen MR) is 196 cm³/mol. The first-order chi connectivity index (χ1) is 20.6. The van der Waals surface area contributed by atoms with Gasteiger partial charge in [-0.05, 0) is 116 Å². The van der Waals surface area contributed by atoms with Crippen molar-refractivity contribution in [1.29, 1.82) is 0 Å². The van der Waals surface area contributed by atoms with Crippen LogP contribution in [0.25, 0.3) is 16.7 Å². The molecule has 0 radical (unpaired) electrons. The van der Waals surface area contributed by atoms with Gasteiger partial charge in [0.15, 0.2) is 0 Å². The molecule has 0 nitrogen and oxygen atoms in total. The second-order valence-electron chi connectivity index (χ2n) is 12.1. The van der Waals surface area contributed by atoms with E-state index >= 15 is 0 Å². The number of hydrogen-bond donors (Lipinski definition) is 0. The number of allylic oxidation sites excluding steroid dienone is 3. The summed E-state index contributed by atoms with van der Waals surface area (Å²) in [7, 11) is 0. The van der Waals surface area contributed by atoms with Gasteiger partial charge in [-0.3, -0.25) is 0 Å². The summed E-state index contributed by atoms with van der Waals surface area (Å²) in [6, 6.07) is 23.6. The lowest BCUT2D eigenvalue weighted by molar-refractivity contribution is 0.277. The van der Waals surface area contributed by atoms with Crippen LogP contribution in [0.1, 0.15) is 122 Å². The summed E-state index contributed by atoms with van der Waals surface area (Å²) in [5.41, 5.74) is 12.8. The SMILES string of the molecule is C#Cc1cccc(-c2ccc(C)c(CCC3CCC(C)CC3)c2)c1.C=C(C)/C(C)=C(\C)c1ccccc1C.CC.CCC. The van der Waals surface area contributed by atoms with E-state index in [2.05, 4.69) is 122 Å². The molecule has 232 valence electrons. The van der Waals surface area contributed by atoms with E-state index in [-0.39, 0.29) is 0 Å². The molecule has 0 amide bonds. The van der Waals surface area contributed by atoms with Crippen molar-refractivity contribution >= 4 is 5.57 Å². The van der Waals surface area contributed by atoms with Gasteiger partial charge in [0.1, 0.15) is 0 Å².